The van der Waals surface area contributed by atoms with Crippen LogP contribution in [0.4, 0.5) is 22.0 Å². The Bertz CT molecular complexity index is 821. The van der Waals surface area contributed by atoms with Crippen LogP contribution in [0.1, 0.15) is 25.0 Å². The average molecular weight is 393 g/mol. The summed E-state index contributed by atoms with van der Waals surface area (Å²) in [5.41, 5.74) is -1.86. The highest BCUT2D eigenvalue weighted by molar-refractivity contribution is 6.30. The summed E-state index contributed by atoms with van der Waals surface area (Å²) >= 11 is 5.79. The van der Waals surface area contributed by atoms with E-state index >= 15 is 0 Å². The van der Waals surface area contributed by atoms with Gasteiger partial charge in [0, 0.05) is 16.0 Å². The Hall–Kier alpha value is -2.15. The molecule has 2 aromatic carbocycles. The standard InChI is InChI=1S/C18H14ClF5O2/c1-18(2,8-3-5-9(19)6-4-8)11(17(25)26)7-10-12(20)14(22)16(24)15(23)13(10)21/h3-6,11H,7H2,1-2H3,(H,25,26). The average Bonchev–Trinajstić information content (AvgIpc) is 2.58. The first-order chi connectivity index (χ1) is 12.0. The molecule has 0 aliphatic heterocycles. The van der Waals surface area contributed by atoms with E-state index in [2.05, 4.69) is 0 Å². The Morgan fingerprint density at radius 1 is 0.962 bits per heavy atom. The smallest absolute Gasteiger partial charge is 0.307 e. The van der Waals surface area contributed by atoms with E-state index in [9.17, 15) is 31.9 Å². The number of benzene rings is 2. The number of halogens is 6. The quantitative estimate of drug-likeness (QED) is 0.428. The van der Waals surface area contributed by atoms with Crippen molar-refractivity contribution >= 4 is 17.6 Å². The molecule has 1 N–H and O–H groups in total. The van der Waals surface area contributed by atoms with Crippen LogP contribution >= 0.6 is 11.6 Å². The number of hydrogen-bond acceptors (Lipinski definition) is 1. The Balaban J connectivity index is 2.54. The van der Waals surface area contributed by atoms with Crippen molar-refractivity contribution in [1.82, 2.24) is 0 Å². The summed E-state index contributed by atoms with van der Waals surface area (Å²) in [5.74, 6) is -13.4. The third-order valence-corrected chi connectivity index (χ3v) is 4.72. The van der Waals surface area contributed by atoms with Gasteiger partial charge in [0.2, 0.25) is 5.82 Å². The first kappa shape index (κ1) is 20.2. The van der Waals surface area contributed by atoms with E-state index in [-0.39, 0.29) is 0 Å². The topological polar surface area (TPSA) is 37.3 Å². The van der Waals surface area contributed by atoms with Gasteiger partial charge in [0.05, 0.1) is 5.92 Å². The van der Waals surface area contributed by atoms with E-state index in [1.165, 1.54) is 38.1 Å². The highest BCUT2D eigenvalue weighted by Gasteiger charge is 2.39. The van der Waals surface area contributed by atoms with Gasteiger partial charge in [-0.15, -0.1) is 0 Å². The van der Waals surface area contributed by atoms with Gasteiger partial charge in [-0.3, -0.25) is 4.79 Å². The maximum atomic E-state index is 13.9. The van der Waals surface area contributed by atoms with Gasteiger partial charge in [-0.1, -0.05) is 37.6 Å². The minimum Gasteiger partial charge on any atom is -0.481 e. The van der Waals surface area contributed by atoms with Gasteiger partial charge in [0.15, 0.2) is 23.3 Å². The lowest BCUT2D eigenvalue weighted by molar-refractivity contribution is -0.144. The van der Waals surface area contributed by atoms with E-state index in [0.717, 1.165) is 0 Å². The van der Waals surface area contributed by atoms with Crippen molar-refractivity contribution in [2.45, 2.75) is 25.7 Å². The van der Waals surface area contributed by atoms with E-state index < -0.39 is 58.4 Å². The molecule has 0 fully saturated rings. The minimum absolute atomic E-state index is 0.399. The predicted molar refractivity (Wildman–Crippen MR) is 85.5 cm³/mol. The fourth-order valence-electron chi connectivity index (χ4n) is 2.77. The molecule has 1 unspecified atom stereocenters. The van der Waals surface area contributed by atoms with Crippen molar-refractivity contribution in [1.29, 1.82) is 0 Å². The summed E-state index contributed by atoms with van der Waals surface area (Å²) in [5, 5.41) is 9.93. The summed E-state index contributed by atoms with van der Waals surface area (Å²) in [6, 6.07) is 6.10. The van der Waals surface area contributed by atoms with Crippen LogP contribution in [0, 0.1) is 35.0 Å². The summed E-state index contributed by atoms with van der Waals surface area (Å²) in [4.78, 5) is 11.7. The van der Waals surface area contributed by atoms with E-state index in [1.54, 1.807) is 0 Å². The molecule has 0 aliphatic carbocycles. The number of carbonyl (C=O) groups is 1. The first-order valence-corrected chi connectivity index (χ1v) is 7.85. The van der Waals surface area contributed by atoms with Crippen LogP contribution < -0.4 is 0 Å². The molecular formula is C18H14ClF5O2. The zero-order valence-electron chi connectivity index (χ0n) is 13.7. The molecule has 0 radical (unpaired) electrons. The van der Waals surface area contributed by atoms with Crippen LogP contribution in [0.5, 0.6) is 0 Å². The van der Waals surface area contributed by atoms with Gasteiger partial charge in [-0.25, -0.2) is 22.0 Å². The summed E-state index contributed by atoms with van der Waals surface area (Å²) in [6.07, 6.45) is -0.878. The molecule has 1 atom stereocenters. The molecule has 0 aliphatic rings. The zero-order chi connectivity index (χ0) is 19.8. The second-order valence-corrected chi connectivity index (χ2v) is 6.81. The maximum absolute atomic E-state index is 13.9. The lowest BCUT2D eigenvalue weighted by atomic mass is 9.71. The van der Waals surface area contributed by atoms with Gasteiger partial charge < -0.3 is 5.11 Å². The van der Waals surface area contributed by atoms with Gasteiger partial charge in [-0.05, 0) is 24.1 Å². The Morgan fingerprint density at radius 3 is 1.81 bits per heavy atom. The molecule has 8 heteroatoms. The van der Waals surface area contributed by atoms with Crippen molar-refractivity contribution in [2.75, 3.05) is 0 Å². The highest BCUT2D eigenvalue weighted by atomic mass is 35.5. The first-order valence-electron chi connectivity index (χ1n) is 7.47. The van der Waals surface area contributed by atoms with Gasteiger partial charge in [-0.2, -0.15) is 0 Å². The molecule has 26 heavy (non-hydrogen) atoms. The maximum Gasteiger partial charge on any atom is 0.307 e. The number of hydrogen-bond donors (Lipinski definition) is 1. The van der Waals surface area contributed by atoms with Crippen molar-refractivity contribution in [2.24, 2.45) is 5.92 Å². The van der Waals surface area contributed by atoms with E-state index in [0.29, 0.717) is 10.6 Å². The highest BCUT2D eigenvalue weighted by Crippen LogP contribution is 2.36. The van der Waals surface area contributed by atoms with Crippen LogP contribution in [0.25, 0.3) is 0 Å². The molecule has 0 heterocycles. The molecule has 2 aromatic rings. The molecule has 0 bridgehead atoms. The summed E-state index contributed by atoms with van der Waals surface area (Å²) in [6.45, 7) is 3.00. The molecule has 0 spiro atoms. The van der Waals surface area contributed by atoms with Crippen LogP contribution in [0.2, 0.25) is 5.02 Å². The number of rotatable bonds is 5. The zero-order valence-corrected chi connectivity index (χ0v) is 14.5. The number of aliphatic carboxylic acids is 1. The lowest BCUT2D eigenvalue weighted by Crippen LogP contribution is -2.37. The molecule has 0 amide bonds. The minimum atomic E-state index is -2.28. The third kappa shape index (κ3) is 3.53. The fourth-order valence-corrected chi connectivity index (χ4v) is 2.89. The monoisotopic (exact) mass is 392 g/mol. The fraction of sp³-hybridized carbons (Fsp3) is 0.278. The van der Waals surface area contributed by atoms with Crippen LogP contribution in [-0.4, -0.2) is 11.1 Å². The number of carboxylic acid groups (broad SMARTS) is 1. The summed E-state index contributed by atoms with van der Waals surface area (Å²) in [7, 11) is 0. The van der Waals surface area contributed by atoms with Gasteiger partial charge in [0.1, 0.15) is 0 Å². The summed E-state index contributed by atoms with van der Waals surface area (Å²) < 4.78 is 67.8. The van der Waals surface area contributed by atoms with Crippen LogP contribution in [-0.2, 0) is 16.6 Å². The van der Waals surface area contributed by atoms with Gasteiger partial charge >= 0.3 is 5.97 Å². The normalized spacial score (nSPS) is 12.9. The van der Waals surface area contributed by atoms with E-state index in [4.69, 9.17) is 11.6 Å². The number of carboxylic acids is 1. The second-order valence-electron chi connectivity index (χ2n) is 6.37. The molecule has 2 nitrogen and oxygen atoms in total. The van der Waals surface area contributed by atoms with Crippen LogP contribution in [0.3, 0.4) is 0 Å². The second kappa shape index (κ2) is 7.23. The third-order valence-electron chi connectivity index (χ3n) is 4.47. The van der Waals surface area contributed by atoms with E-state index in [1.807, 2.05) is 0 Å². The van der Waals surface area contributed by atoms with Crippen molar-refractivity contribution in [3.8, 4) is 0 Å². The molecule has 0 saturated carbocycles. The largest absolute Gasteiger partial charge is 0.481 e. The molecule has 2 rings (SSSR count). The molecule has 0 aromatic heterocycles. The SMILES string of the molecule is CC(C)(c1ccc(Cl)cc1)C(Cc1c(F)c(F)c(F)c(F)c1F)C(=O)O. The van der Waals surface area contributed by atoms with Crippen molar-refractivity contribution < 1.29 is 31.9 Å². The molecular weight excluding hydrogens is 379 g/mol. The molecule has 0 saturated heterocycles. The Kier molecular flexibility index (Phi) is 5.61. The van der Waals surface area contributed by atoms with Gasteiger partial charge in [0.25, 0.3) is 0 Å². The Morgan fingerprint density at radius 2 is 1.38 bits per heavy atom. The van der Waals surface area contributed by atoms with Crippen molar-refractivity contribution in [3.63, 3.8) is 0 Å². The lowest BCUT2D eigenvalue weighted by Gasteiger charge is -2.32. The Labute approximate surface area is 151 Å². The van der Waals surface area contributed by atoms with Crippen LogP contribution in [0.15, 0.2) is 24.3 Å². The van der Waals surface area contributed by atoms with Crippen molar-refractivity contribution in [3.05, 3.63) is 69.5 Å². The molecule has 140 valence electrons. The predicted octanol–water partition coefficient (Wildman–Crippen LogP) is 5.26.